The molecule has 0 aromatic carbocycles. The SMILES string of the molecule is [2H]C([2H])([2H])n1cnc2c1c(=O)n(CCCC([2H])([2H])[C@@]([2H])(O)C([2H])([2H])[2H])c(=O)n2C([2H])([2H])[2H]. The van der Waals surface area contributed by atoms with Gasteiger partial charge in [-0.05, 0) is 26.1 Å². The second-order valence-electron chi connectivity index (χ2n) is 3.99. The van der Waals surface area contributed by atoms with Crippen LogP contribution < -0.4 is 11.2 Å². The zero-order valence-electron chi connectivity index (χ0n) is 22.3. The van der Waals surface area contributed by atoms with Crippen molar-refractivity contribution in [3.63, 3.8) is 0 Å². The van der Waals surface area contributed by atoms with E-state index < -0.39 is 75.1 Å². The monoisotopic (exact) mass is 292 g/mol. The molecule has 0 radical (unpaired) electrons. The Morgan fingerprint density at radius 2 is 2.35 bits per heavy atom. The van der Waals surface area contributed by atoms with E-state index in [4.69, 9.17) is 16.4 Å². The molecule has 0 spiro atoms. The van der Waals surface area contributed by atoms with Gasteiger partial charge >= 0.3 is 5.69 Å². The molecule has 2 aromatic rings. The molecular formula is C13H20N4O3. The molecule has 0 aliphatic carbocycles. The second-order valence-corrected chi connectivity index (χ2v) is 3.99. The van der Waals surface area contributed by atoms with Crippen molar-refractivity contribution in [3.8, 4) is 0 Å². The molecule has 110 valence electrons. The number of aromatic nitrogens is 4. The molecule has 7 heteroatoms. The number of aliphatic hydroxyl groups is 1. The number of hydrogen-bond donors (Lipinski definition) is 1. The maximum absolute atomic E-state index is 12.9. The van der Waals surface area contributed by atoms with Crippen LogP contribution in [0.15, 0.2) is 15.9 Å². The molecule has 0 aliphatic heterocycles. The van der Waals surface area contributed by atoms with Gasteiger partial charge in [-0.25, -0.2) is 9.78 Å². The number of fused-ring (bicyclic) bond motifs is 1. The normalized spacial score (nSPS) is 26.1. The second kappa shape index (κ2) is 5.62. The highest BCUT2D eigenvalue weighted by atomic mass is 16.3. The lowest BCUT2D eigenvalue weighted by molar-refractivity contribution is 0.180. The van der Waals surface area contributed by atoms with Crippen molar-refractivity contribution in [1.82, 2.24) is 18.7 Å². The van der Waals surface area contributed by atoms with Crippen molar-refractivity contribution in [2.75, 3.05) is 0 Å². The van der Waals surface area contributed by atoms with Gasteiger partial charge in [-0.3, -0.25) is 13.9 Å². The Bertz CT molecular complexity index is 1120. The molecule has 0 bridgehead atoms. The minimum absolute atomic E-state index is 0.157. The van der Waals surface area contributed by atoms with Crippen molar-refractivity contribution in [2.45, 2.75) is 38.7 Å². The molecule has 1 N–H and O–H groups in total. The zero-order chi connectivity index (χ0) is 25.1. The van der Waals surface area contributed by atoms with Gasteiger partial charge < -0.3 is 9.67 Å². The van der Waals surface area contributed by atoms with Crippen molar-refractivity contribution < 1.29 is 21.6 Å². The van der Waals surface area contributed by atoms with E-state index in [0.717, 1.165) is 0 Å². The van der Waals surface area contributed by atoms with E-state index in [2.05, 4.69) is 4.98 Å². The lowest BCUT2D eigenvalue weighted by atomic mass is 10.2. The summed E-state index contributed by atoms with van der Waals surface area (Å²) in [7, 11) is 0. The average molecular weight is 292 g/mol. The first-order chi connectivity index (χ1) is 14.1. The fraction of sp³-hybridized carbons (Fsp3) is 0.615. The highest BCUT2D eigenvalue weighted by molar-refractivity contribution is 5.69. The third kappa shape index (κ3) is 2.53. The lowest BCUT2D eigenvalue weighted by Gasteiger charge is -2.09. The molecule has 2 rings (SSSR count). The smallest absolute Gasteiger partial charge is 0.332 e. The number of rotatable bonds is 5. The van der Waals surface area contributed by atoms with Gasteiger partial charge in [0, 0.05) is 35.6 Å². The lowest BCUT2D eigenvalue weighted by Crippen LogP contribution is -2.39. The first kappa shape index (κ1) is 5.48. The number of nitrogens with zero attached hydrogens (tertiary/aromatic N) is 4. The number of aryl methyl sites for hydroxylation is 2. The summed E-state index contributed by atoms with van der Waals surface area (Å²) in [5.74, 6) is 0. The highest BCUT2D eigenvalue weighted by Gasteiger charge is 2.14. The van der Waals surface area contributed by atoms with Crippen molar-refractivity contribution >= 4 is 11.2 Å². The molecule has 0 unspecified atom stereocenters. The van der Waals surface area contributed by atoms with Crippen LogP contribution in [0.1, 0.15) is 42.5 Å². The molecular weight excluding hydrogens is 260 g/mol. The van der Waals surface area contributed by atoms with Gasteiger partial charge in [-0.1, -0.05) is 0 Å². The first-order valence-electron chi connectivity index (χ1n) is 11.6. The molecule has 2 aromatic heterocycles. The molecule has 7 nitrogen and oxygen atoms in total. The highest BCUT2D eigenvalue weighted by Crippen LogP contribution is 2.04. The van der Waals surface area contributed by atoms with Crippen LogP contribution in [0.2, 0.25) is 0 Å². The Morgan fingerprint density at radius 1 is 1.50 bits per heavy atom. The third-order valence-electron chi connectivity index (χ3n) is 2.68. The number of imidazole rings is 1. The molecule has 20 heavy (non-hydrogen) atoms. The average Bonchev–Trinajstić information content (AvgIpc) is 3.00. The molecule has 0 amide bonds. The van der Waals surface area contributed by atoms with E-state index in [1.54, 1.807) is 0 Å². The van der Waals surface area contributed by atoms with Gasteiger partial charge in [0.1, 0.15) is 0 Å². The Labute approximate surface area is 133 Å². The summed E-state index contributed by atoms with van der Waals surface area (Å²) >= 11 is 0. The van der Waals surface area contributed by atoms with Crippen molar-refractivity contribution in [3.05, 3.63) is 27.2 Å². The summed E-state index contributed by atoms with van der Waals surface area (Å²) in [6, 6.07) is 0. The molecule has 0 fully saturated rings. The van der Waals surface area contributed by atoms with Crippen LogP contribution in [0.25, 0.3) is 11.2 Å². The predicted molar refractivity (Wildman–Crippen MR) is 75.7 cm³/mol. The maximum atomic E-state index is 12.9. The van der Waals surface area contributed by atoms with Gasteiger partial charge in [0.05, 0.1) is 13.8 Å². The van der Waals surface area contributed by atoms with E-state index in [-0.39, 0.29) is 4.57 Å². The molecule has 0 saturated heterocycles. The minimum Gasteiger partial charge on any atom is -0.393 e. The van der Waals surface area contributed by atoms with Crippen LogP contribution in [0.3, 0.4) is 0 Å². The Morgan fingerprint density at radius 3 is 3.05 bits per heavy atom. The Kier molecular flexibility index (Phi) is 1.54. The van der Waals surface area contributed by atoms with Gasteiger partial charge in [-0.2, -0.15) is 0 Å². The zero-order valence-corrected chi connectivity index (χ0v) is 10.3. The van der Waals surface area contributed by atoms with E-state index in [0.29, 0.717) is 15.5 Å². The summed E-state index contributed by atoms with van der Waals surface area (Å²) < 4.78 is 90.5. The van der Waals surface area contributed by atoms with Gasteiger partial charge in [-0.15, -0.1) is 0 Å². The minimum atomic E-state index is -3.49. The van der Waals surface area contributed by atoms with Gasteiger partial charge in [0.15, 0.2) is 11.2 Å². The summed E-state index contributed by atoms with van der Waals surface area (Å²) in [5.41, 5.74) is -3.93. The molecule has 1 atom stereocenters. The topological polar surface area (TPSA) is 82.1 Å². The predicted octanol–water partition coefficient (Wildman–Crippen LogP) is -0.0152. The van der Waals surface area contributed by atoms with Crippen LogP contribution >= 0.6 is 0 Å². The van der Waals surface area contributed by atoms with Crippen LogP contribution in [0.4, 0.5) is 0 Å². The van der Waals surface area contributed by atoms with E-state index in [1.807, 2.05) is 0 Å². The van der Waals surface area contributed by atoms with Gasteiger partial charge in [0.25, 0.3) is 5.56 Å². The van der Waals surface area contributed by atoms with Crippen molar-refractivity contribution in [2.24, 2.45) is 14.0 Å². The Hall–Kier alpha value is -1.89. The van der Waals surface area contributed by atoms with Crippen LogP contribution in [0, 0.1) is 0 Å². The fourth-order valence-electron chi connectivity index (χ4n) is 1.77. The molecule has 0 aliphatic rings. The quantitative estimate of drug-likeness (QED) is 0.840. The summed E-state index contributed by atoms with van der Waals surface area (Å²) in [5, 5.41) is 9.82. The standard InChI is InChI=1S/C13H20N4O3/c1-9(18)6-4-5-7-17-12(19)10-11(14-8-15(10)2)16(3)13(17)20/h8-9,18H,4-7H2,1-3H3/t9-/m0/s1/i1D3,2D3,3D3,6D2,9D. The largest absolute Gasteiger partial charge is 0.393 e. The Balaban J connectivity index is 2.58. The van der Waals surface area contributed by atoms with E-state index in [1.165, 1.54) is 0 Å². The summed E-state index contributed by atoms with van der Waals surface area (Å²) in [6.07, 6.45) is -7.04. The van der Waals surface area contributed by atoms with Gasteiger partial charge in [0.2, 0.25) is 0 Å². The summed E-state index contributed by atoms with van der Waals surface area (Å²) in [6.45, 7) is -10.1. The third-order valence-corrected chi connectivity index (χ3v) is 2.68. The number of hydrogen-bond acceptors (Lipinski definition) is 4. The van der Waals surface area contributed by atoms with Crippen LogP contribution in [0.5, 0.6) is 0 Å². The molecule has 2 heterocycles. The van der Waals surface area contributed by atoms with E-state index in [9.17, 15) is 14.7 Å². The van der Waals surface area contributed by atoms with E-state index >= 15 is 0 Å². The molecule has 0 saturated carbocycles. The fourth-order valence-corrected chi connectivity index (χ4v) is 1.77. The van der Waals surface area contributed by atoms with Crippen LogP contribution in [-0.2, 0) is 20.5 Å². The maximum Gasteiger partial charge on any atom is 0.332 e. The first-order valence-corrected chi connectivity index (χ1v) is 5.61. The summed E-state index contributed by atoms with van der Waals surface area (Å²) in [4.78, 5) is 29.2. The van der Waals surface area contributed by atoms with Crippen molar-refractivity contribution in [1.29, 1.82) is 0 Å². The van der Waals surface area contributed by atoms with Crippen LogP contribution in [-0.4, -0.2) is 29.9 Å².